The number of aromatic nitrogens is 2. The molecular weight excluding hydrogens is 506 g/mol. The van der Waals surface area contributed by atoms with Crippen LogP contribution in [-0.4, -0.2) is 48.1 Å². The maximum Gasteiger partial charge on any atom is 0.174 e. The number of anilines is 2. The van der Waals surface area contributed by atoms with Gasteiger partial charge in [-0.1, -0.05) is 6.07 Å². The molecule has 2 fully saturated rings. The first-order chi connectivity index (χ1) is 19.0. The summed E-state index contributed by atoms with van der Waals surface area (Å²) < 4.78 is 13.2. The van der Waals surface area contributed by atoms with Gasteiger partial charge in [0.1, 0.15) is 5.75 Å². The van der Waals surface area contributed by atoms with E-state index in [4.69, 9.17) is 26.7 Å². The Morgan fingerprint density at radius 3 is 2.28 bits per heavy atom. The van der Waals surface area contributed by atoms with Gasteiger partial charge in [0.15, 0.2) is 5.11 Å². The molecular formula is C31H33N5O2S. The smallest absolute Gasteiger partial charge is 0.174 e. The van der Waals surface area contributed by atoms with E-state index < -0.39 is 0 Å². The maximum absolute atomic E-state index is 5.98. The number of morpholine rings is 1. The summed E-state index contributed by atoms with van der Waals surface area (Å²) in [5.41, 5.74) is 7.87. The van der Waals surface area contributed by atoms with Crippen LogP contribution in [0.4, 0.5) is 11.4 Å². The van der Waals surface area contributed by atoms with Crippen LogP contribution in [0.3, 0.4) is 0 Å². The Kier molecular flexibility index (Phi) is 6.97. The Morgan fingerprint density at radius 2 is 1.62 bits per heavy atom. The van der Waals surface area contributed by atoms with Crippen molar-refractivity contribution in [2.24, 2.45) is 0 Å². The lowest BCUT2D eigenvalue weighted by molar-refractivity contribution is 0.122. The molecule has 0 bridgehead atoms. The molecule has 8 heteroatoms. The van der Waals surface area contributed by atoms with E-state index in [1.54, 1.807) is 7.11 Å². The van der Waals surface area contributed by atoms with Crippen molar-refractivity contribution in [2.45, 2.75) is 25.9 Å². The molecule has 2 saturated heterocycles. The quantitative estimate of drug-likeness (QED) is 0.324. The van der Waals surface area contributed by atoms with Crippen LogP contribution in [0.15, 0.2) is 79.0 Å². The molecule has 6 rings (SSSR count). The van der Waals surface area contributed by atoms with Gasteiger partial charge in [-0.2, -0.15) is 0 Å². The molecule has 2 atom stereocenters. The third-order valence-electron chi connectivity index (χ3n) is 7.72. The number of nitrogens with zero attached hydrogens (tertiary/aromatic N) is 4. The normalized spacial score (nSPS) is 19.3. The van der Waals surface area contributed by atoms with E-state index in [1.165, 1.54) is 16.9 Å². The van der Waals surface area contributed by atoms with Crippen molar-refractivity contribution in [1.82, 2.24) is 14.9 Å². The number of nitrogens with one attached hydrogen (secondary N) is 1. The Morgan fingerprint density at radius 1 is 0.923 bits per heavy atom. The minimum Gasteiger partial charge on any atom is -0.497 e. The highest BCUT2D eigenvalue weighted by atomic mass is 32.1. The molecule has 39 heavy (non-hydrogen) atoms. The molecule has 0 spiro atoms. The summed E-state index contributed by atoms with van der Waals surface area (Å²) in [7, 11) is 1.69. The second-order valence-electron chi connectivity index (χ2n) is 9.97. The highest BCUT2D eigenvalue weighted by Crippen LogP contribution is 2.44. The first-order valence-corrected chi connectivity index (χ1v) is 13.7. The molecule has 2 aliphatic heterocycles. The third kappa shape index (κ3) is 4.75. The van der Waals surface area contributed by atoms with Crippen molar-refractivity contribution < 1.29 is 9.47 Å². The van der Waals surface area contributed by atoms with Crippen molar-refractivity contribution >= 4 is 28.7 Å². The van der Waals surface area contributed by atoms with Gasteiger partial charge >= 0.3 is 0 Å². The minimum atomic E-state index is -0.0950. The number of thiocarbonyl (C=S) groups is 1. The van der Waals surface area contributed by atoms with Crippen molar-refractivity contribution in [2.75, 3.05) is 43.2 Å². The predicted molar refractivity (Wildman–Crippen MR) is 159 cm³/mol. The molecule has 200 valence electrons. The van der Waals surface area contributed by atoms with Gasteiger partial charge in [0, 0.05) is 47.7 Å². The number of methoxy groups -OCH3 is 1. The molecule has 4 heterocycles. The van der Waals surface area contributed by atoms with Gasteiger partial charge in [0.05, 0.1) is 38.1 Å². The zero-order valence-electron chi connectivity index (χ0n) is 22.5. The monoisotopic (exact) mass is 539 g/mol. The lowest BCUT2D eigenvalue weighted by atomic mass is 9.96. The average Bonchev–Trinajstić information content (AvgIpc) is 3.48. The first kappa shape index (κ1) is 25.4. The summed E-state index contributed by atoms with van der Waals surface area (Å²) in [6.07, 6.45) is 1.84. The van der Waals surface area contributed by atoms with E-state index in [0.717, 1.165) is 54.8 Å². The summed E-state index contributed by atoms with van der Waals surface area (Å²) >= 11 is 5.98. The van der Waals surface area contributed by atoms with Crippen molar-refractivity contribution in [3.63, 3.8) is 0 Å². The molecule has 0 aliphatic carbocycles. The summed E-state index contributed by atoms with van der Waals surface area (Å²) in [4.78, 5) is 9.34. The van der Waals surface area contributed by atoms with Gasteiger partial charge in [0.2, 0.25) is 0 Å². The second-order valence-corrected chi connectivity index (χ2v) is 10.4. The fourth-order valence-electron chi connectivity index (χ4n) is 5.81. The third-order valence-corrected chi connectivity index (χ3v) is 8.04. The van der Waals surface area contributed by atoms with Crippen molar-refractivity contribution in [3.05, 3.63) is 102 Å². The highest BCUT2D eigenvalue weighted by molar-refractivity contribution is 7.80. The summed E-state index contributed by atoms with van der Waals surface area (Å²) in [5.74, 6) is 0.841. The SMILES string of the molecule is COc1ccc(-n2c(C)cc([C@@H]3[C@@H](c4ccccn4)NC(=S)N3c3ccc(N4CCOCC4)cc3)c2C)cc1. The van der Waals surface area contributed by atoms with Crippen LogP contribution in [0.25, 0.3) is 5.69 Å². The van der Waals surface area contributed by atoms with E-state index in [2.05, 4.69) is 82.1 Å². The summed E-state index contributed by atoms with van der Waals surface area (Å²) in [6.45, 7) is 7.68. The van der Waals surface area contributed by atoms with Crippen molar-refractivity contribution in [3.8, 4) is 11.4 Å². The maximum atomic E-state index is 5.98. The summed E-state index contributed by atoms with van der Waals surface area (Å²) in [5, 5.41) is 4.30. The number of hydrogen-bond donors (Lipinski definition) is 1. The number of pyridine rings is 1. The Balaban J connectivity index is 1.42. The number of ether oxygens (including phenoxy) is 2. The largest absolute Gasteiger partial charge is 0.497 e. The molecule has 4 aromatic rings. The average molecular weight is 540 g/mol. The van der Waals surface area contributed by atoms with E-state index in [0.29, 0.717) is 5.11 Å². The fourth-order valence-corrected chi connectivity index (χ4v) is 6.16. The fraction of sp³-hybridized carbons (Fsp3) is 0.290. The standard InChI is InChI=1S/C31H33N5O2S/c1-21-20-27(22(2)35(21)24-11-13-26(37-3)14-12-24)30-29(28-6-4-5-15-32-28)33-31(39)36(30)25-9-7-23(8-10-25)34-16-18-38-19-17-34/h4-15,20,29-30H,16-19H2,1-3H3,(H,33,39)/t29-,30-/m1/s1. The molecule has 0 unspecified atom stereocenters. The van der Waals surface area contributed by atoms with Crippen LogP contribution in [-0.2, 0) is 4.74 Å². The van der Waals surface area contributed by atoms with Gasteiger partial charge in [-0.15, -0.1) is 0 Å². The zero-order chi connectivity index (χ0) is 26.9. The first-order valence-electron chi connectivity index (χ1n) is 13.3. The molecule has 0 amide bonds. The highest BCUT2D eigenvalue weighted by Gasteiger charge is 2.42. The van der Waals surface area contributed by atoms with Crippen LogP contribution >= 0.6 is 12.2 Å². The minimum absolute atomic E-state index is 0.0696. The van der Waals surface area contributed by atoms with Gasteiger partial charge < -0.3 is 29.2 Å². The van der Waals surface area contributed by atoms with E-state index in [9.17, 15) is 0 Å². The van der Waals surface area contributed by atoms with Crippen LogP contribution in [0, 0.1) is 13.8 Å². The van der Waals surface area contributed by atoms with E-state index in [1.807, 2.05) is 30.5 Å². The van der Waals surface area contributed by atoms with Crippen LogP contribution in [0.1, 0.15) is 34.7 Å². The Hall–Kier alpha value is -3.88. The predicted octanol–water partition coefficient (Wildman–Crippen LogP) is 5.51. The number of rotatable bonds is 6. The Labute approximate surface area is 235 Å². The van der Waals surface area contributed by atoms with Gasteiger partial charge in [-0.25, -0.2) is 0 Å². The number of aryl methyl sites for hydroxylation is 1. The zero-order valence-corrected chi connectivity index (χ0v) is 23.3. The van der Waals surface area contributed by atoms with Gasteiger partial charge in [0.25, 0.3) is 0 Å². The molecule has 0 radical (unpaired) electrons. The second kappa shape index (κ2) is 10.7. The molecule has 1 N–H and O–H groups in total. The van der Waals surface area contributed by atoms with Crippen LogP contribution < -0.4 is 19.9 Å². The van der Waals surface area contributed by atoms with Crippen molar-refractivity contribution in [1.29, 1.82) is 0 Å². The van der Waals surface area contributed by atoms with E-state index >= 15 is 0 Å². The lowest BCUT2D eigenvalue weighted by Crippen LogP contribution is -2.36. The summed E-state index contributed by atoms with van der Waals surface area (Å²) in [6, 6.07) is 25.1. The number of benzene rings is 2. The lowest BCUT2D eigenvalue weighted by Gasteiger charge is -2.31. The molecule has 0 saturated carbocycles. The molecule has 2 aromatic heterocycles. The molecule has 2 aromatic carbocycles. The molecule has 7 nitrogen and oxygen atoms in total. The molecule has 2 aliphatic rings. The van der Waals surface area contributed by atoms with Crippen LogP contribution in [0.2, 0.25) is 0 Å². The van der Waals surface area contributed by atoms with Crippen LogP contribution in [0.5, 0.6) is 5.75 Å². The van der Waals surface area contributed by atoms with E-state index in [-0.39, 0.29) is 12.1 Å². The Bertz CT molecular complexity index is 1450. The number of hydrogen-bond acceptors (Lipinski definition) is 5. The topological polar surface area (TPSA) is 54.8 Å². The van der Waals surface area contributed by atoms with Gasteiger partial charge in [-0.05, 0) is 98.4 Å². The van der Waals surface area contributed by atoms with Gasteiger partial charge in [-0.3, -0.25) is 4.98 Å².